The van der Waals surface area contributed by atoms with Crippen LogP contribution >= 0.6 is 38.9 Å². The second-order valence-electron chi connectivity index (χ2n) is 5.06. The number of fused-ring (bicyclic) bond motifs is 1. The molecule has 0 radical (unpaired) electrons. The Morgan fingerprint density at radius 1 is 1.38 bits per heavy atom. The van der Waals surface area contributed by atoms with E-state index in [2.05, 4.69) is 26.5 Å². The lowest BCUT2D eigenvalue weighted by Crippen LogP contribution is -2.16. The zero-order valence-electron chi connectivity index (χ0n) is 12.8. The summed E-state index contributed by atoms with van der Waals surface area (Å²) in [7, 11) is 0. The van der Waals surface area contributed by atoms with E-state index in [1.165, 1.54) is 23.5 Å². The summed E-state index contributed by atoms with van der Waals surface area (Å²) in [6.45, 7) is 0. The first-order valence-corrected chi connectivity index (χ1v) is 9.04. The first-order chi connectivity index (χ1) is 12.4. The van der Waals surface area contributed by atoms with Gasteiger partial charge in [-0.2, -0.15) is 5.10 Å². The number of amides is 1. The van der Waals surface area contributed by atoms with Crippen molar-refractivity contribution >= 4 is 66.8 Å². The summed E-state index contributed by atoms with van der Waals surface area (Å²) < 4.78 is 1.26. The third-order valence-electron chi connectivity index (χ3n) is 3.39. The first-order valence-electron chi connectivity index (χ1n) is 7.06. The molecule has 1 aromatic heterocycles. The number of hydrogen-bond donors (Lipinski definition) is 2. The highest BCUT2D eigenvalue weighted by Crippen LogP contribution is 2.35. The van der Waals surface area contributed by atoms with E-state index in [1.807, 2.05) is 24.3 Å². The Kier molecular flexibility index (Phi) is 5.21. The lowest BCUT2D eigenvalue weighted by atomic mass is 10.2. The fraction of sp³-hybridized carbons (Fsp3) is 0. The van der Waals surface area contributed by atoms with Crippen LogP contribution < -0.4 is 5.43 Å². The number of nitro benzene ring substituents is 1. The number of phenols is 1. The van der Waals surface area contributed by atoms with E-state index in [1.54, 1.807) is 0 Å². The Bertz CT molecular complexity index is 1070. The normalized spacial score (nSPS) is 11.2. The molecule has 2 aromatic carbocycles. The molecule has 0 saturated heterocycles. The molecule has 0 atom stereocenters. The van der Waals surface area contributed by atoms with Crippen molar-refractivity contribution in [1.82, 2.24) is 5.43 Å². The maximum absolute atomic E-state index is 12.3. The Balaban J connectivity index is 1.83. The van der Waals surface area contributed by atoms with Gasteiger partial charge in [0.15, 0.2) is 0 Å². The van der Waals surface area contributed by atoms with E-state index in [-0.39, 0.29) is 5.56 Å². The van der Waals surface area contributed by atoms with Crippen molar-refractivity contribution in [2.45, 2.75) is 0 Å². The highest BCUT2D eigenvalue weighted by Gasteiger charge is 2.18. The van der Waals surface area contributed by atoms with E-state index >= 15 is 0 Å². The average Bonchev–Trinajstić information content (AvgIpc) is 2.94. The zero-order chi connectivity index (χ0) is 18.8. The minimum Gasteiger partial charge on any atom is -0.502 e. The first kappa shape index (κ1) is 18.3. The second-order valence-corrected chi connectivity index (χ2v) is 7.41. The van der Waals surface area contributed by atoms with Gasteiger partial charge >= 0.3 is 5.69 Å². The molecule has 0 saturated carbocycles. The van der Waals surface area contributed by atoms with Gasteiger partial charge in [-0.05, 0) is 12.1 Å². The van der Waals surface area contributed by atoms with Gasteiger partial charge in [0.05, 0.1) is 16.2 Å². The molecule has 0 aliphatic rings. The molecule has 132 valence electrons. The molecule has 0 spiro atoms. The van der Waals surface area contributed by atoms with Crippen LogP contribution in [0.4, 0.5) is 5.69 Å². The van der Waals surface area contributed by atoms with Crippen LogP contribution in [0.5, 0.6) is 5.75 Å². The van der Waals surface area contributed by atoms with Gasteiger partial charge in [0.2, 0.25) is 5.75 Å². The van der Waals surface area contributed by atoms with E-state index in [0.717, 1.165) is 16.3 Å². The number of hydrogen-bond acceptors (Lipinski definition) is 6. The van der Waals surface area contributed by atoms with Gasteiger partial charge < -0.3 is 5.11 Å². The molecule has 0 aliphatic carbocycles. The topological polar surface area (TPSA) is 105 Å². The molecule has 0 unspecified atom stereocenters. The molecule has 3 rings (SSSR count). The number of halogens is 2. The van der Waals surface area contributed by atoms with Crippen molar-refractivity contribution in [2.75, 3.05) is 0 Å². The number of carbonyl (C=O) groups is 1. The van der Waals surface area contributed by atoms with E-state index < -0.39 is 22.3 Å². The Morgan fingerprint density at radius 2 is 2.12 bits per heavy atom. The van der Waals surface area contributed by atoms with Crippen LogP contribution in [0.15, 0.2) is 46.0 Å². The number of nitrogens with one attached hydrogen (secondary N) is 1. The number of thiophene rings is 1. The van der Waals surface area contributed by atoms with Crippen LogP contribution in [0.2, 0.25) is 5.02 Å². The SMILES string of the molecule is O=C(N/N=C\c1cc(Br)cc([N+](=O)[O-])c1O)c1sc2ccccc2c1Cl. The van der Waals surface area contributed by atoms with Crippen molar-refractivity contribution in [3.63, 3.8) is 0 Å². The van der Waals surface area contributed by atoms with Crippen LogP contribution in [-0.2, 0) is 0 Å². The van der Waals surface area contributed by atoms with Gasteiger partial charge in [0.25, 0.3) is 5.91 Å². The van der Waals surface area contributed by atoms with Gasteiger partial charge in [0, 0.05) is 26.2 Å². The van der Waals surface area contributed by atoms with Crippen molar-refractivity contribution in [3.8, 4) is 5.75 Å². The molecule has 1 heterocycles. The van der Waals surface area contributed by atoms with Crippen LogP contribution in [0.1, 0.15) is 15.2 Å². The lowest BCUT2D eigenvalue weighted by Gasteiger charge is -2.02. The lowest BCUT2D eigenvalue weighted by molar-refractivity contribution is -0.385. The molecular formula is C16H9BrClN3O4S. The summed E-state index contributed by atoms with van der Waals surface area (Å²) in [5.74, 6) is -1.06. The molecule has 3 aromatic rings. The highest BCUT2D eigenvalue weighted by molar-refractivity contribution is 9.10. The fourth-order valence-electron chi connectivity index (χ4n) is 2.21. The summed E-state index contributed by atoms with van der Waals surface area (Å²) in [5.41, 5.74) is 1.91. The third-order valence-corrected chi connectivity index (χ3v) is 5.52. The second kappa shape index (κ2) is 7.40. The molecule has 2 N–H and O–H groups in total. The van der Waals surface area contributed by atoms with E-state index in [0.29, 0.717) is 14.4 Å². The molecule has 10 heteroatoms. The summed E-state index contributed by atoms with van der Waals surface area (Å²) in [4.78, 5) is 22.8. The number of benzene rings is 2. The Labute approximate surface area is 164 Å². The van der Waals surface area contributed by atoms with Gasteiger partial charge in [-0.15, -0.1) is 11.3 Å². The number of phenolic OH excluding ortho intramolecular Hbond substituents is 1. The van der Waals surface area contributed by atoms with Crippen LogP contribution in [0, 0.1) is 10.1 Å². The largest absolute Gasteiger partial charge is 0.502 e. The number of rotatable bonds is 4. The molecule has 1 amide bonds. The molecule has 0 fully saturated rings. The number of nitrogens with zero attached hydrogens (tertiary/aromatic N) is 2. The van der Waals surface area contributed by atoms with Gasteiger partial charge in [-0.3, -0.25) is 14.9 Å². The number of aromatic hydroxyl groups is 1. The molecular weight excluding hydrogens is 446 g/mol. The van der Waals surface area contributed by atoms with Crippen molar-refractivity contribution < 1.29 is 14.8 Å². The Hall–Kier alpha value is -2.49. The minimum atomic E-state index is -0.715. The molecule has 7 nitrogen and oxygen atoms in total. The van der Waals surface area contributed by atoms with Crippen molar-refractivity contribution in [1.29, 1.82) is 0 Å². The van der Waals surface area contributed by atoms with Crippen LogP contribution in [0.25, 0.3) is 10.1 Å². The monoisotopic (exact) mass is 453 g/mol. The zero-order valence-corrected chi connectivity index (χ0v) is 15.9. The van der Waals surface area contributed by atoms with Crippen molar-refractivity contribution in [2.24, 2.45) is 5.10 Å². The standard InChI is InChI=1S/C16H9BrClN3O4S/c17-9-5-8(14(22)11(6-9)21(24)25)7-19-20-16(23)15-13(18)10-3-1-2-4-12(10)26-15/h1-7,22H,(H,20,23)/b19-7-. The van der Waals surface area contributed by atoms with Crippen LogP contribution in [0.3, 0.4) is 0 Å². The number of hydrazone groups is 1. The Morgan fingerprint density at radius 3 is 2.81 bits per heavy atom. The van der Waals surface area contributed by atoms with Gasteiger partial charge in [-0.1, -0.05) is 45.7 Å². The van der Waals surface area contributed by atoms with Gasteiger partial charge in [-0.25, -0.2) is 5.43 Å². The summed E-state index contributed by atoms with van der Waals surface area (Å²) in [6, 6.07) is 9.94. The molecule has 26 heavy (non-hydrogen) atoms. The predicted molar refractivity (Wildman–Crippen MR) is 104 cm³/mol. The number of nitro groups is 1. The predicted octanol–water partition coefficient (Wildman–Crippen LogP) is 4.69. The summed E-state index contributed by atoms with van der Waals surface area (Å²) in [5, 5.41) is 25.7. The van der Waals surface area contributed by atoms with Crippen molar-refractivity contribution in [3.05, 3.63) is 66.4 Å². The van der Waals surface area contributed by atoms with E-state index in [9.17, 15) is 20.0 Å². The smallest absolute Gasteiger partial charge is 0.312 e. The summed E-state index contributed by atoms with van der Waals surface area (Å²) >= 11 is 10.6. The molecule has 0 aliphatic heterocycles. The fourth-order valence-corrected chi connectivity index (χ4v) is 4.08. The third kappa shape index (κ3) is 3.55. The van der Waals surface area contributed by atoms with E-state index in [4.69, 9.17) is 11.6 Å². The highest BCUT2D eigenvalue weighted by atomic mass is 79.9. The maximum atomic E-state index is 12.3. The quantitative estimate of drug-likeness (QED) is 0.339. The molecule has 0 bridgehead atoms. The average molecular weight is 455 g/mol. The summed E-state index contributed by atoms with van der Waals surface area (Å²) in [6.07, 6.45) is 1.12. The number of carbonyl (C=O) groups excluding carboxylic acids is 1. The van der Waals surface area contributed by atoms with Crippen LogP contribution in [-0.4, -0.2) is 22.2 Å². The minimum absolute atomic E-state index is 0.0776. The maximum Gasteiger partial charge on any atom is 0.312 e. The van der Waals surface area contributed by atoms with Gasteiger partial charge in [0.1, 0.15) is 4.88 Å².